The highest BCUT2D eigenvalue weighted by Gasteiger charge is 2.11. The van der Waals surface area contributed by atoms with Gasteiger partial charge in [0.1, 0.15) is 0 Å². The van der Waals surface area contributed by atoms with Crippen LogP contribution in [0.1, 0.15) is 17.1 Å². The highest BCUT2D eigenvalue weighted by molar-refractivity contribution is 9.10. The van der Waals surface area contributed by atoms with E-state index >= 15 is 0 Å². The van der Waals surface area contributed by atoms with Crippen LogP contribution in [0.2, 0.25) is 0 Å². The summed E-state index contributed by atoms with van der Waals surface area (Å²) in [5.74, 6) is 0. The highest BCUT2D eigenvalue weighted by Crippen LogP contribution is 2.20. The third-order valence-electron chi connectivity index (χ3n) is 2.30. The SMILES string of the molecule is Cc1nn(C)c(Cn2cc(CBr)nn2)c1Br. The first-order valence-electron chi connectivity index (χ1n) is 4.74. The van der Waals surface area contributed by atoms with Crippen molar-refractivity contribution in [3.05, 3.63) is 27.8 Å². The van der Waals surface area contributed by atoms with Crippen LogP contribution in [0.3, 0.4) is 0 Å². The Morgan fingerprint density at radius 2 is 2.19 bits per heavy atom. The smallest absolute Gasteiger partial charge is 0.0932 e. The lowest BCUT2D eigenvalue weighted by Gasteiger charge is -2.01. The van der Waals surface area contributed by atoms with Crippen molar-refractivity contribution >= 4 is 31.9 Å². The van der Waals surface area contributed by atoms with E-state index in [1.807, 2.05) is 24.9 Å². The van der Waals surface area contributed by atoms with Crippen molar-refractivity contribution in [2.45, 2.75) is 18.8 Å². The third kappa shape index (κ3) is 2.20. The predicted octanol–water partition coefficient (Wildman–Crippen LogP) is 2.03. The fourth-order valence-electron chi connectivity index (χ4n) is 1.48. The van der Waals surface area contributed by atoms with Gasteiger partial charge in [-0.2, -0.15) is 5.10 Å². The molecule has 0 radical (unpaired) electrons. The summed E-state index contributed by atoms with van der Waals surface area (Å²) in [5.41, 5.74) is 3.00. The van der Waals surface area contributed by atoms with Crippen LogP contribution in [-0.4, -0.2) is 24.8 Å². The summed E-state index contributed by atoms with van der Waals surface area (Å²) in [4.78, 5) is 0. The van der Waals surface area contributed by atoms with Crippen molar-refractivity contribution in [3.63, 3.8) is 0 Å². The van der Waals surface area contributed by atoms with Crippen LogP contribution in [0.25, 0.3) is 0 Å². The molecule has 16 heavy (non-hydrogen) atoms. The van der Waals surface area contributed by atoms with Crippen LogP contribution < -0.4 is 0 Å². The number of aromatic nitrogens is 5. The molecular weight excluding hydrogens is 338 g/mol. The Hall–Kier alpha value is -0.690. The molecule has 0 bridgehead atoms. The van der Waals surface area contributed by atoms with Gasteiger partial charge >= 0.3 is 0 Å². The maximum Gasteiger partial charge on any atom is 0.0932 e. The van der Waals surface area contributed by atoms with Crippen molar-refractivity contribution < 1.29 is 0 Å². The maximum atomic E-state index is 4.33. The van der Waals surface area contributed by atoms with E-state index in [-0.39, 0.29) is 0 Å². The van der Waals surface area contributed by atoms with Crippen molar-refractivity contribution in [1.82, 2.24) is 24.8 Å². The fourth-order valence-corrected chi connectivity index (χ4v) is 2.20. The molecule has 0 aromatic carbocycles. The average molecular weight is 349 g/mol. The van der Waals surface area contributed by atoms with Gasteiger partial charge in [-0.3, -0.25) is 4.68 Å². The number of alkyl halides is 1. The molecule has 0 saturated heterocycles. The zero-order valence-corrected chi connectivity index (χ0v) is 12.2. The molecule has 0 aliphatic carbocycles. The van der Waals surface area contributed by atoms with Crippen LogP contribution in [0.15, 0.2) is 10.7 Å². The van der Waals surface area contributed by atoms with Gasteiger partial charge < -0.3 is 0 Å². The van der Waals surface area contributed by atoms with Crippen LogP contribution in [0, 0.1) is 6.92 Å². The summed E-state index contributed by atoms with van der Waals surface area (Å²) in [6.45, 7) is 2.64. The predicted molar refractivity (Wildman–Crippen MR) is 67.4 cm³/mol. The molecule has 2 rings (SSSR count). The largest absolute Gasteiger partial charge is 0.269 e. The first-order chi connectivity index (χ1) is 7.61. The van der Waals surface area contributed by atoms with Crippen molar-refractivity contribution in [2.75, 3.05) is 0 Å². The summed E-state index contributed by atoms with van der Waals surface area (Å²) in [6, 6.07) is 0. The standard InChI is InChI=1S/C9H11Br2N5/c1-6-9(11)8(15(2)13-6)5-16-4-7(3-10)12-14-16/h4H,3,5H2,1-2H3. The molecule has 0 N–H and O–H groups in total. The number of nitrogens with zero attached hydrogens (tertiary/aromatic N) is 5. The molecule has 0 atom stereocenters. The summed E-state index contributed by atoms with van der Waals surface area (Å²) in [5, 5.41) is 13.1. The van der Waals surface area contributed by atoms with E-state index in [0.717, 1.165) is 26.9 Å². The second-order valence-corrected chi connectivity index (χ2v) is 4.86. The van der Waals surface area contributed by atoms with Gasteiger partial charge in [-0.1, -0.05) is 21.1 Å². The first kappa shape index (κ1) is 11.8. The normalized spacial score (nSPS) is 11.0. The van der Waals surface area contributed by atoms with Crippen molar-refractivity contribution in [3.8, 4) is 0 Å². The van der Waals surface area contributed by atoms with Crippen LogP contribution >= 0.6 is 31.9 Å². The van der Waals surface area contributed by atoms with Crippen LogP contribution in [0.5, 0.6) is 0 Å². The highest BCUT2D eigenvalue weighted by atomic mass is 79.9. The van der Waals surface area contributed by atoms with E-state index in [1.54, 1.807) is 4.68 Å². The second-order valence-electron chi connectivity index (χ2n) is 3.51. The number of rotatable bonds is 3. The van der Waals surface area contributed by atoms with Crippen LogP contribution in [0.4, 0.5) is 0 Å². The fraction of sp³-hybridized carbons (Fsp3) is 0.444. The second kappa shape index (κ2) is 4.67. The summed E-state index contributed by atoms with van der Waals surface area (Å²) < 4.78 is 4.69. The Labute approximate surface area is 110 Å². The number of hydrogen-bond acceptors (Lipinski definition) is 3. The van der Waals surface area contributed by atoms with Gasteiger partial charge in [-0.15, -0.1) is 5.10 Å². The van der Waals surface area contributed by atoms with E-state index in [2.05, 4.69) is 47.3 Å². The molecule has 0 amide bonds. The molecule has 0 saturated carbocycles. The van der Waals surface area contributed by atoms with Crippen molar-refractivity contribution in [1.29, 1.82) is 0 Å². The molecule has 7 heteroatoms. The Morgan fingerprint density at radius 1 is 1.44 bits per heavy atom. The third-order valence-corrected chi connectivity index (χ3v) is 3.90. The Balaban J connectivity index is 2.26. The van der Waals surface area contributed by atoms with E-state index in [1.165, 1.54) is 0 Å². The minimum absolute atomic E-state index is 0.665. The molecule has 2 aromatic rings. The molecule has 0 fully saturated rings. The van der Waals surface area contributed by atoms with E-state index in [0.29, 0.717) is 6.54 Å². The molecular formula is C9H11Br2N5. The minimum atomic E-state index is 0.665. The zero-order valence-electron chi connectivity index (χ0n) is 8.98. The van der Waals surface area contributed by atoms with Gasteiger partial charge in [-0.25, -0.2) is 4.68 Å². The molecule has 0 aliphatic rings. The molecule has 86 valence electrons. The quantitative estimate of drug-likeness (QED) is 0.797. The lowest BCUT2D eigenvalue weighted by atomic mass is 10.3. The van der Waals surface area contributed by atoms with Crippen molar-refractivity contribution in [2.24, 2.45) is 7.05 Å². The minimum Gasteiger partial charge on any atom is -0.269 e. The Bertz CT molecular complexity index is 502. The van der Waals surface area contributed by atoms with Crippen LogP contribution in [-0.2, 0) is 18.9 Å². The Morgan fingerprint density at radius 3 is 2.69 bits per heavy atom. The first-order valence-corrected chi connectivity index (χ1v) is 6.66. The van der Waals surface area contributed by atoms with Gasteiger partial charge in [0, 0.05) is 18.6 Å². The molecule has 5 nitrogen and oxygen atoms in total. The summed E-state index contributed by atoms with van der Waals surface area (Å²) >= 11 is 6.87. The molecule has 2 aromatic heterocycles. The zero-order chi connectivity index (χ0) is 11.7. The number of aryl methyl sites for hydroxylation is 2. The summed E-state index contributed by atoms with van der Waals surface area (Å²) in [7, 11) is 1.93. The summed E-state index contributed by atoms with van der Waals surface area (Å²) in [6.07, 6.45) is 1.92. The van der Waals surface area contributed by atoms with Gasteiger partial charge in [0.15, 0.2) is 0 Å². The number of hydrogen-bond donors (Lipinski definition) is 0. The molecule has 0 spiro atoms. The molecule has 0 aliphatic heterocycles. The van der Waals surface area contributed by atoms with E-state index in [9.17, 15) is 0 Å². The van der Waals surface area contributed by atoms with Gasteiger partial charge in [0.05, 0.1) is 28.1 Å². The maximum absolute atomic E-state index is 4.33. The monoisotopic (exact) mass is 347 g/mol. The van der Waals surface area contributed by atoms with E-state index in [4.69, 9.17) is 0 Å². The molecule has 0 unspecified atom stereocenters. The lowest BCUT2D eigenvalue weighted by molar-refractivity contribution is 0.598. The average Bonchev–Trinajstić information content (AvgIpc) is 2.80. The Kier molecular flexibility index (Phi) is 3.44. The topological polar surface area (TPSA) is 48.5 Å². The van der Waals surface area contributed by atoms with Gasteiger partial charge in [-0.05, 0) is 22.9 Å². The lowest BCUT2D eigenvalue weighted by Crippen LogP contribution is -2.06. The van der Waals surface area contributed by atoms with Gasteiger partial charge in [0.2, 0.25) is 0 Å². The number of halogens is 2. The molecule has 2 heterocycles. The van der Waals surface area contributed by atoms with E-state index < -0.39 is 0 Å². The van der Waals surface area contributed by atoms with Gasteiger partial charge in [0.25, 0.3) is 0 Å².